The summed E-state index contributed by atoms with van der Waals surface area (Å²) in [7, 11) is 6.33. The van der Waals surface area contributed by atoms with Crippen molar-refractivity contribution in [2.24, 2.45) is 4.99 Å². The summed E-state index contributed by atoms with van der Waals surface area (Å²) in [4.78, 5) is 14.2. The molecule has 2 aromatic rings. The maximum absolute atomic E-state index is 5.63. The molecule has 7 heteroatoms. The van der Waals surface area contributed by atoms with Crippen LogP contribution in [0.25, 0.3) is 5.70 Å². The van der Waals surface area contributed by atoms with E-state index >= 15 is 0 Å². The van der Waals surface area contributed by atoms with Crippen LogP contribution in [0.1, 0.15) is 29.5 Å². The van der Waals surface area contributed by atoms with E-state index in [1.807, 2.05) is 24.5 Å². The Balaban J connectivity index is 1.69. The van der Waals surface area contributed by atoms with Crippen molar-refractivity contribution in [1.82, 2.24) is 14.8 Å². The maximum atomic E-state index is 5.63. The van der Waals surface area contributed by atoms with Gasteiger partial charge in [0.05, 0.1) is 22.6 Å². The quantitative estimate of drug-likeness (QED) is 0.666. The van der Waals surface area contributed by atoms with Gasteiger partial charge in [0.1, 0.15) is 0 Å². The lowest BCUT2D eigenvalue weighted by Crippen LogP contribution is -2.38. The van der Waals surface area contributed by atoms with Crippen LogP contribution in [0.2, 0.25) is 0 Å². The van der Waals surface area contributed by atoms with E-state index in [2.05, 4.69) is 65.6 Å². The molecule has 31 heavy (non-hydrogen) atoms. The summed E-state index contributed by atoms with van der Waals surface area (Å²) in [6, 6.07) is 8.51. The summed E-state index contributed by atoms with van der Waals surface area (Å²) in [6.07, 6.45) is 8.22. The maximum Gasteiger partial charge on any atom is 0.196 e. The molecule has 162 valence electrons. The van der Waals surface area contributed by atoms with Crippen LogP contribution in [0.5, 0.6) is 0 Å². The van der Waals surface area contributed by atoms with Gasteiger partial charge >= 0.3 is 0 Å². The van der Waals surface area contributed by atoms with Crippen molar-refractivity contribution in [2.45, 2.75) is 32.5 Å². The van der Waals surface area contributed by atoms with Crippen LogP contribution in [0.3, 0.4) is 0 Å². The molecule has 0 radical (unpaired) electrons. The Labute approximate surface area is 190 Å². The van der Waals surface area contributed by atoms with Gasteiger partial charge in [-0.3, -0.25) is 4.98 Å². The molecule has 4 rings (SSSR count). The van der Waals surface area contributed by atoms with Gasteiger partial charge in [-0.2, -0.15) is 0 Å². The van der Waals surface area contributed by atoms with E-state index in [1.165, 1.54) is 22.4 Å². The molecule has 0 amide bonds. The van der Waals surface area contributed by atoms with Gasteiger partial charge in [-0.25, -0.2) is 4.99 Å². The molecule has 6 nitrogen and oxygen atoms in total. The first-order valence-electron chi connectivity index (χ1n) is 10.7. The minimum atomic E-state index is -0.207. The van der Waals surface area contributed by atoms with Crippen molar-refractivity contribution in [2.75, 3.05) is 38.3 Å². The molecule has 0 bridgehead atoms. The predicted octanol–water partition coefficient (Wildman–Crippen LogP) is 4.15. The molecule has 1 unspecified atom stereocenters. The minimum Gasteiger partial charge on any atom is -0.349 e. The summed E-state index contributed by atoms with van der Waals surface area (Å²) in [6.45, 7) is 3.27. The van der Waals surface area contributed by atoms with E-state index in [1.54, 1.807) is 6.20 Å². The molecule has 0 fully saturated rings. The van der Waals surface area contributed by atoms with Crippen LogP contribution in [-0.4, -0.2) is 60.0 Å². The zero-order valence-electron chi connectivity index (χ0n) is 18.6. The average Bonchev–Trinajstić information content (AvgIpc) is 2.86. The van der Waals surface area contributed by atoms with E-state index in [0.29, 0.717) is 6.42 Å². The number of aliphatic imine (C=N–C) groups is 1. The number of aryl methyl sites for hydroxylation is 2. The van der Waals surface area contributed by atoms with Crippen molar-refractivity contribution >= 4 is 40.5 Å². The van der Waals surface area contributed by atoms with Gasteiger partial charge in [-0.15, -0.1) is 0 Å². The molecule has 2 aliphatic rings. The van der Waals surface area contributed by atoms with Crippen molar-refractivity contribution in [3.63, 3.8) is 0 Å². The number of hydrogen-bond acceptors (Lipinski definition) is 6. The van der Waals surface area contributed by atoms with Gasteiger partial charge in [0.15, 0.2) is 6.29 Å². The molecular formula is C24H30N6S. The first-order chi connectivity index (χ1) is 14.9. The van der Waals surface area contributed by atoms with Gasteiger partial charge in [0.2, 0.25) is 0 Å². The number of aromatic nitrogens is 1. The van der Waals surface area contributed by atoms with E-state index < -0.39 is 0 Å². The number of fused-ring (bicyclic) bond motifs is 2. The van der Waals surface area contributed by atoms with Gasteiger partial charge in [0.25, 0.3) is 0 Å². The van der Waals surface area contributed by atoms with Crippen LogP contribution in [0.15, 0.2) is 47.2 Å². The number of nitrogens with one attached hydrogen (secondary N) is 2. The van der Waals surface area contributed by atoms with Crippen molar-refractivity contribution in [3.05, 3.63) is 58.9 Å². The standard InChI is InChI=1S/C24H30N6S/c1-16-11-21-20(12-17(16)7-6-10-29(2)3)23-18(13-22(31)28-21)14-26-24(30(23)4)27-19-8-5-9-25-15-19/h5,8-9,11-12,14-15,24,27H,6-7,10,13H2,1-4H3,(H,28,31). The van der Waals surface area contributed by atoms with E-state index in [9.17, 15) is 0 Å². The van der Waals surface area contributed by atoms with Crippen molar-refractivity contribution < 1.29 is 0 Å². The lowest BCUT2D eigenvalue weighted by molar-refractivity contribution is 0.387. The molecule has 2 aliphatic heterocycles. The Morgan fingerprint density at radius 2 is 2.16 bits per heavy atom. The third-order valence-electron chi connectivity index (χ3n) is 5.76. The summed E-state index contributed by atoms with van der Waals surface area (Å²) < 4.78 is 0. The fourth-order valence-electron chi connectivity index (χ4n) is 4.17. The van der Waals surface area contributed by atoms with E-state index in [-0.39, 0.29) is 6.29 Å². The van der Waals surface area contributed by atoms with Crippen LogP contribution in [-0.2, 0) is 6.42 Å². The monoisotopic (exact) mass is 434 g/mol. The number of nitrogens with zero attached hydrogens (tertiary/aromatic N) is 4. The van der Waals surface area contributed by atoms with Crippen LogP contribution in [0, 0.1) is 6.92 Å². The SMILES string of the molecule is Cc1cc2c(cc1CCCN(C)C)C1=C(C=NC(Nc3cccnc3)N1C)CC(=S)N2. The number of rotatable bonds is 6. The van der Waals surface area contributed by atoms with Crippen LogP contribution >= 0.6 is 12.2 Å². The highest BCUT2D eigenvalue weighted by atomic mass is 32.1. The van der Waals surface area contributed by atoms with Crippen LogP contribution in [0.4, 0.5) is 11.4 Å². The highest BCUT2D eigenvalue weighted by Gasteiger charge is 2.29. The Morgan fingerprint density at radius 1 is 1.32 bits per heavy atom. The summed E-state index contributed by atoms with van der Waals surface area (Å²) in [5.74, 6) is 0. The molecule has 0 spiro atoms. The van der Waals surface area contributed by atoms with Gasteiger partial charge in [-0.05, 0) is 75.8 Å². The highest BCUT2D eigenvalue weighted by Crippen LogP contribution is 2.37. The average molecular weight is 435 g/mol. The summed E-state index contributed by atoms with van der Waals surface area (Å²) in [5, 5.41) is 6.94. The zero-order valence-corrected chi connectivity index (χ0v) is 19.5. The molecule has 0 saturated carbocycles. The Bertz CT molecular complexity index is 1030. The number of thiocarbonyl (C=S) groups is 1. The van der Waals surface area contributed by atoms with E-state index in [4.69, 9.17) is 17.2 Å². The third-order valence-corrected chi connectivity index (χ3v) is 6.01. The second kappa shape index (κ2) is 9.16. The molecule has 0 saturated heterocycles. The van der Waals surface area contributed by atoms with Crippen LogP contribution < -0.4 is 10.6 Å². The Morgan fingerprint density at radius 3 is 2.90 bits per heavy atom. The molecular weight excluding hydrogens is 404 g/mol. The molecule has 1 atom stereocenters. The number of hydrogen-bond donors (Lipinski definition) is 2. The fraction of sp³-hybridized carbons (Fsp3) is 0.375. The second-order valence-electron chi connectivity index (χ2n) is 8.48. The molecule has 3 heterocycles. The minimum absolute atomic E-state index is 0.207. The molecule has 1 aromatic heterocycles. The highest BCUT2D eigenvalue weighted by molar-refractivity contribution is 7.80. The van der Waals surface area contributed by atoms with Crippen molar-refractivity contribution in [3.8, 4) is 0 Å². The van der Waals surface area contributed by atoms with E-state index in [0.717, 1.165) is 41.3 Å². The summed E-state index contributed by atoms with van der Waals surface area (Å²) >= 11 is 5.63. The lowest BCUT2D eigenvalue weighted by Gasteiger charge is -2.34. The molecule has 0 aliphatic carbocycles. The van der Waals surface area contributed by atoms with Gasteiger partial charge < -0.3 is 20.4 Å². The molecule has 2 N–H and O–H groups in total. The Kier molecular flexibility index (Phi) is 6.34. The fourth-order valence-corrected chi connectivity index (χ4v) is 4.43. The first kappa shape index (κ1) is 21.5. The first-order valence-corrected chi connectivity index (χ1v) is 11.1. The lowest BCUT2D eigenvalue weighted by atomic mass is 9.95. The summed E-state index contributed by atoms with van der Waals surface area (Å²) in [5.41, 5.74) is 8.21. The predicted molar refractivity (Wildman–Crippen MR) is 134 cm³/mol. The second-order valence-corrected chi connectivity index (χ2v) is 8.97. The number of pyridine rings is 1. The Hall–Kier alpha value is -2.77. The third kappa shape index (κ3) is 4.78. The zero-order chi connectivity index (χ0) is 22.0. The van der Waals surface area contributed by atoms with Crippen molar-refractivity contribution in [1.29, 1.82) is 0 Å². The topological polar surface area (TPSA) is 55.8 Å². The number of benzene rings is 1. The number of anilines is 2. The normalized spacial score (nSPS) is 17.9. The largest absolute Gasteiger partial charge is 0.349 e. The van der Waals surface area contributed by atoms with Gasteiger partial charge in [0, 0.05) is 42.7 Å². The van der Waals surface area contributed by atoms with Gasteiger partial charge in [-0.1, -0.05) is 12.2 Å². The molecule has 1 aromatic carbocycles. The smallest absolute Gasteiger partial charge is 0.196 e.